The lowest BCUT2D eigenvalue weighted by Crippen LogP contribution is -1.91. The van der Waals surface area contributed by atoms with Crippen LogP contribution in [0, 0.1) is 0 Å². The van der Waals surface area contributed by atoms with Crippen molar-refractivity contribution in [2.75, 3.05) is 6.61 Å². The quantitative estimate of drug-likeness (QED) is 0.702. The summed E-state index contributed by atoms with van der Waals surface area (Å²) in [6, 6.07) is 8.34. The molecule has 0 spiro atoms. The predicted molar refractivity (Wildman–Crippen MR) is 63.0 cm³/mol. The Hall–Kier alpha value is -0.980. The van der Waals surface area contributed by atoms with Gasteiger partial charge in [0.2, 0.25) is 0 Å². The van der Waals surface area contributed by atoms with Crippen LogP contribution in [-0.4, -0.2) is 6.61 Å². The molecular formula is C13H22O. The smallest absolute Gasteiger partial charge is 0.119 e. The SMILES string of the molecule is CC.CCCc1ccc(OCC)cc1. The van der Waals surface area contributed by atoms with E-state index >= 15 is 0 Å². The first kappa shape index (κ1) is 13.0. The van der Waals surface area contributed by atoms with Crippen LogP contribution in [0.4, 0.5) is 0 Å². The van der Waals surface area contributed by atoms with Gasteiger partial charge in [0.05, 0.1) is 6.61 Å². The van der Waals surface area contributed by atoms with E-state index in [2.05, 4.69) is 19.1 Å². The van der Waals surface area contributed by atoms with Crippen LogP contribution in [0.15, 0.2) is 24.3 Å². The molecule has 1 heteroatoms. The maximum atomic E-state index is 5.34. The van der Waals surface area contributed by atoms with E-state index in [4.69, 9.17) is 4.74 Å². The third kappa shape index (κ3) is 4.90. The molecule has 0 atom stereocenters. The van der Waals surface area contributed by atoms with Gasteiger partial charge in [-0.25, -0.2) is 0 Å². The van der Waals surface area contributed by atoms with Crippen molar-refractivity contribution in [2.45, 2.75) is 40.5 Å². The maximum Gasteiger partial charge on any atom is 0.119 e. The van der Waals surface area contributed by atoms with E-state index in [1.54, 1.807) is 0 Å². The Bertz CT molecular complexity index is 188. The van der Waals surface area contributed by atoms with Crippen molar-refractivity contribution in [3.63, 3.8) is 0 Å². The molecule has 0 aliphatic carbocycles. The van der Waals surface area contributed by atoms with Gasteiger partial charge in [-0.2, -0.15) is 0 Å². The Balaban J connectivity index is 0.000000791. The molecule has 1 rings (SSSR count). The Labute approximate surface area is 88.1 Å². The highest BCUT2D eigenvalue weighted by molar-refractivity contribution is 5.27. The molecule has 1 aromatic carbocycles. The molecule has 0 fully saturated rings. The zero-order chi connectivity index (χ0) is 10.8. The average molecular weight is 194 g/mol. The minimum atomic E-state index is 0.743. The normalized spacial score (nSPS) is 8.86. The van der Waals surface area contributed by atoms with Gasteiger partial charge >= 0.3 is 0 Å². The van der Waals surface area contributed by atoms with Crippen LogP contribution < -0.4 is 4.74 Å². The summed E-state index contributed by atoms with van der Waals surface area (Å²) >= 11 is 0. The number of hydrogen-bond donors (Lipinski definition) is 0. The maximum absolute atomic E-state index is 5.34. The minimum absolute atomic E-state index is 0.743. The molecule has 1 aromatic rings. The van der Waals surface area contributed by atoms with E-state index in [-0.39, 0.29) is 0 Å². The second-order valence-electron chi connectivity index (χ2n) is 2.83. The Morgan fingerprint density at radius 3 is 2.00 bits per heavy atom. The van der Waals surface area contributed by atoms with Gasteiger partial charge in [0, 0.05) is 0 Å². The van der Waals surface area contributed by atoms with Crippen molar-refractivity contribution in [3.05, 3.63) is 29.8 Å². The number of benzene rings is 1. The third-order valence-electron chi connectivity index (χ3n) is 1.77. The van der Waals surface area contributed by atoms with Crippen LogP contribution >= 0.6 is 0 Å². The second-order valence-corrected chi connectivity index (χ2v) is 2.83. The fraction of sp³-hybridized carbons (Fsp3) is 0.538. The first-order valence-corrected chi connectivity index (χ1v) is 5.58. The van der Waals surface area contributed by atoms with Crippen LogP contribution in [0.2, 0.25) is 0 Å². The predicted octanol–water partition coefficient (Wildman–Crippen LogP) is 4.06. The minimum Gasteiger partial charge on any atom is -0.494 e. The zero-order valence-electron chi connectivity index (χ0n) is 9.84. The van der Waals surface area contributed by atoms with Gasteiger partial charge in [0.1, 0.15) is 5.75 Å². The Kier molecular flexibility index (Phi) is 8.01. The zero-order valence-corrected chi connectivity index (χ0v) is 9.84. The topological polar surface area (TPSA) is 9.23 Å². The first-order chi connectivity index (χ1) is 6.86. The molecule has 0 amide bonds. The molecule has 0 aliphatic heterocycles. The van der Waals surface area contributed by atoms with E-state index < -0.39 is 0 Å². The van der Waals surface area contributed by atoms with Crippen molar-refractivity contribution < 1.29 is 4.74 Å². The summed E-state index contributed by atoms with van der Waals surface area (Å²) in [5, 5.41) is 0. The van der Waals surface area contributed by atoms with Gasteiger partial charge in [0.15, 0.2) is 0 Å². The molecule has 0 saturated carbocycles. The lowest BCUT2D eigenvalue weighted by atomic mass is 10.1. The first-order valence-electron chi connectivity index (χ1n) is 5.58. The summed E-state index contributed by atoms with van der Waals surface area (Å²) in [5.41, 5.74) is 1.39. The van der Waals surface area contributed by atoms with E-state index in [0.29, 0.717) is 0 Å². The summed E-state index contributed by atoms with van der Waals surface area (Å²) in [7, 11) is 0. The molecule has 0 heterocycles. The van der Waals surface area contributed by atoms with Crippen LogP contribution in [0.1, 0.15) is 39.7 Å². The molecule has 0 unspecified atom stereocenters. The Morgan fingerprint density at radius 1 is 1.00 bits per heavy atom. The van der Waals surface area contributed by atoms with Crippen LogP contribution in [0.25, 0.3) is 0 Å². The van der Waals surface area contributed by atoms with Crippen molar-refractivity contribution in [1.82, 2.24) is 0 Å². The van der Waals surface area contributed by atoms with Crippen molar-refractivity contribution in [1.29, 1.82) is 0 Å². The fourth-order valence-electron chi connectivity index (χ4n) is 1.21. The molecular weight excluding hydrogens is 172 g/mol. The lowest BCUT2D eigenvalue weighted by molar-refractivity contribution is 0.340. The largest absolute Gasteiger partial charge is 0.494 e. The third-order valence-corrected chi connectivity index (χ3v) is 1.77. The summed E-state index contributed by atoms with van der Waals surface area (Å²) in [6.45, 7) is 8.93. The summed E-state index contributed by atoms with van der Waals surface area (Å²) in [5.74, 6) is 0.970. The fourth-order valence-corrected chi connectivity index (χ4v) is 1.21. The molecule has 0 radical (unpaired) electrons. The average Bonchev–Trinajstić information content (AvgIpc) is 2.25. The summed E-state index contributed by atoms with van der Waals surface area (Å²) < 4.78 is 5.34. The van der Waals surface area contributed by atoms with Crippen LogP contribution in [0.5, 0.6) is 5.75 Å². The van der Waals surface area contributed by atoms with Gasteiger partial charge in [-0.1, -0.05) is 39.3 Å². The highest BCUT2D eigenvalue weighted by Gasteiger charge is 1.92. The summed E-state index contributed by atoms with van der Waals surface area (Å²) in [6.07, 6.45) is 2.36. The monoisotopic (exact) mass is 194 g/mol. The molecule has 0 saturated heterocycles. The van der Waals surface area contributed by atoms with Crippen LogP contribution in [-0.2, 0) is 6.42 Å². The molecule has 1 nitrogen and oxygen atoms in total. The summed E-state index contributed by atoms with van der Waals surface area (Å²) in [4.78, 5) is 0. The molecule has 0 aliphatic rings. The van der Waals surface area contributed by atoms with E-state index in [0.717, 1.165) is 18.8 Å². The van der Waals surface area contributed by atoms with E-state index in [9.17, 15) is 0 Å². The van der Waals surface area contributed by atoms with Gasteiger partial charge in [-0.15, -0.1) is 0 Å². The second kappa shape index (κ2) is 8.61. The molecule has 0 N–H and O–H groups in total. The molecule has 80 valence electrons. The Morgan fingerprint density at radius 2 is 1.57 bits per heavy atom. The van der Waals surface area contributed by atoms with Crippen molar-refractivity contribution >= 4 is 0 Å². The van der Waals surface area contributed by atoms with Gasteiger partial charge in [0.25, 0.3) is 0 Å². The van der Waals surface area contributed by atoms with Gasteiger partial charge in [-0.3, -0.25) is 0 Å². The van der Waals surface area contributed by atoms with E-state index in [1.165, 1.54) is 12.0 Å². The van der Waals surface area contributed by atoms with Crippen LogP contribution in [0.3, 0.4) is 0 Å². The van der Waals surface area contributed by atoms with Crippen molar-refractivity contribution in [3.8, 4) is 5.75 Å². The highest BCUT2D eigenvalue weighted by Crippen LogP contribution is 2.12. The number of ether oxygens (including phenoxy) is 1. The number of hydrogen-bond acceptors (Lipinski definition) is 1. The van der Waals surface area contributed by atoms with Crippen molar-refractivity contribution in [2.24, 2.45) is 0 Å². The standard InChI is InChI=1S/C11H16O.C2H6/c1-3-5-10-6-8-11(9-7-10)12-4-2;1-2/h6-9H,3-5H2,1-2H3;1-2H3. The number of aryl methyl sites for hydroxylation is 1. The highest BCUT2D eigenvalue weighted by atomic mass is 16.5. The van der Waals surface area contributed by atoms with E-state index in [1.807, 2.05) is 32.9 Å². The molecule has 0 aromatic heterocycles. The van der Waals surface area contributed by atoms with Gasteiger partial charge < -0.3 is 4.74 Å². The molecule has 0 bridgehead atoms. The van der Waals surface area contributed by atoms with Gasteiger partial charge in [-0.05, 0) is 31.0 Å². The number of rotatable bonds is 4. The molecule has 14 heavy (non-hydrogen) atoms. The lowest BCUT2D eigenvalue weighted by Gasteiger charge is -2.03.